The van der Waals surface area contributed by atoms with Crippen LogP contribution in [0.2, 0.25) is 0 Å². The molecular formula is C13H15BrN2. The van der Waals surface area contributed by atoms with Crippen LogP contribution < -0.4 is 0 Å². The molecule has 2 rings (SSSR count). The second-order valence-electron chi connectivity index (χ2n) is 3.89. The minimum atomic E-state index is 1.03. The summed E-state index contributed by atoms with van der Waals surface area (Å²) in [5, 5.41) is 4.59. The van der Waals surface area contributed by atoms with Crippen LogP contribution in [0.3, 0.4) is 0 Å². The Hall–Kier alpha value is -1.09. The van der Waals surface area contributed by atoms with Crippen LogP contribution in [0.15, 0.2) is 28.7 Å². The van der Waals surface area contributed by atoms with Crippen molar-refractivity contribution in [2.75, 3.05) is 0 Å². The third kappa shape index (κ3) is 1.92. The van der Waals surface area contributed by atoms with Crippen molar-refractivity contribution in [3.05, 3.63) is 45.7 Å². The number of halogens is 1. The summed E-state index contributed by atoms with van der Waals surface area (Å²) in [6.45, 7) is 6.36. The van der Waals surface area contributed by atoms with Crippen molar-refractivity contribution < 1.29 is 0 Å². The van der Waals surface area contributed by atoms with Crippen LogP contribution in [0.5, 0.6) is 0 Å². The molecule has 0 bridgehead atoms. The van der Waals surface area contributed by atoms with Gasteiger partial charge in [0.2, 0.25) is 0 Å². The molecule has 0 radical (unpaired) electrons. The van der Waals surface area contributed by atoms with Gasteiger partial charge in [0.05, 0.1) is 11.4 Å². The van der Waals surface area contributed by atoms with E-state index in [-0.39, 0.29) is 0 Å². The summed E-state index contributed by atoms with van der Waals surface area (Å²) in [6.07, 6.45) is 1.03. The smallest absolute Gasteiger partial charge is 0.0660 e. The molecule has 0 saturated carbocycles. The van der Waals surface area contributed by atoms with Crippen molar-refractivity contribution in [2.45, 2.75) is 27.2 Å². The molecule has 0 spiro atoms. The lowest BCUT2D eigenvalue weighted by Crippen LogP contribution is -1.99. The Morgan fingerprint density at radius 2 is 2.06 bits per heavy atom. The molecule has 84 valence electrons. The molecule has 16 heavy (non-hydrogen) atoms. The minimum absolute atomic E-state index is 1.03. The van der Waals surface area contributed by atoms with Crippen LogP contribution in [0.4, 0.5) is 0 Å². The average molecular weight is 279 g/mol. The van der Waals surface area contributed by atoms with Crippen molar-refractivity contribution in [3.8, 4) is 5.69 Å². The van der Waals surface area contributed by atoms with Crippen LogP contribution in [-0.4, -0.2) is 9.78 Å². The molecule has 1 aromatic carbocycles. The molecule has 2 aromatic rings. The molecule has 0 amide bonds. The summed E-state index contributed by atoms with van der Waals surface area (Å²) >= 11 is 3.49. The van der Waals surface area contributed by atoms with E-state index in [1.54, 1.807) is 0 Å². The molecule has 0 aliphatic heterocycles. The number of rotatable bonds is 2. The van der Waals surface area contributed by atoms with Gasteiger partial charge in [-0.05, 0) is 44.0 Å². The van der Waals surface area contributed by atoms with E-state index in [2.05, 4.69) is 53.9 Å². The van der Waals surface area contributed by atoms with Gasteiger partial charge >= 0.3 is 0 Å². The first-order valence-corrected chi connectivity index (χ1v) is 6.23. The molecule has 0 aliphatic carbocycles. The Labute approximate surface area is 104 Å². The van der Waals surface area contributed by atoms with E-state index in [0.29, 0.717) is 0 Å². The Morgan fingerprint density at radius 3 is 2.62 bits per heavy atom. The zero-order valence-electron chi connectivity index (χ0n) is 9.79. The normalized spacial score (nSPS) is 10.8. The highest BCUT2D eigenvalue weighted by Gasteiger charge is 2.10. The first-order valence-electron chi connectivity index (χ1n) is 5.44. The number of nitrogens with zero attached hydrogens (tertiary/aromatic N) is 2. The Balaban J connectivity index is 2.56. The zero-order chi connectivity index (χ0) is 11.7. The highest BCUT2D eigenvalue weighted by molar-refractivity contribution is 9.10. The topological polar surface area (TPSA) is 17.8 Å². The maximum absolute atomic E-state index is 4.59. The van der Waals surface area contributed by atoms with E-state index in [1.165, 1.54) is 11.3 Å². The standard InChI is InChI=1S/C13H15BrN2/c1-4-13-9(2)15-16(10(13)3)12-7-5-6-11(14)8-12/h5-8H,4H2,1-3H3. The maximum Gasteiger partial charge on any atom is 0.0660 e. The fourth-order valence-electron chi connectivity index (χ4n) is 2.05. The van der Waals surface area contributed by atoms with Crippen LogP contribution in [-0.2, 0) is 6.42 Å². The van der Waals surface area contributed by atoms with Gasteiger partial charge in [-0.25, -0.2) is 4.68 Å². The lowest BCUT2D eigenvalue weighted by molar-refractivity contribution is 0.832. The van der Waals surface area contributed by atoms with E-state index in [4.69, 9.17) is 0 Å². The van der Waals surface area contributed by atoms with Gasteiger partial charge in [0.15, 0.2) is 0 Å². The van der Waals surface area contributed by atoms with E-state index >= 15 is 0 Å². The van der Waals surface area contributed by atoms with Gasteiger partial charge in [0, 0.05) is 10.2 Å². The van der Waals surface area contributed by atoms with Gasteiger partial charge in [0.25, 0.3) is 0 Å². The van der Waals surface area contributed by atoms with Gasteiger partial charge in [-0.15, -0.1) is 0 Å². The molecule has 1 heterocycles. The van der Waals surface area contributed by atoms with Crippen LogP contribution in [0.1, 0.15) is 23.9 Å². The monoisotopic (exact) mass is 278 g/mol. The second-order valence-corrected chi connectivity index (χ2v) is 4.81. The Kier molecular flexibility index (Phi) is 3.15. The molecule has 0 unspecified atom stereocenters. The number of aryl methyl sites for hydroxylation is 1. The molecular weight excluding hydrogens is 264 g/mol. The van der Waals surface area contributed by atoms with Crippen LogP contribution in [0.25, 0.3) is 5.69 Å². The summed E-state index contributed by atoms with van der Waals surface area (Å²) in [4.78, 5) is 0. The van der Waals surface area contributed by atoms with Crippen molar-refractivity contribution in [2.24, 2.45) is 0 Å². The quantitative estimate of drug-likeness (QED) is 0.817. The van der Waals surface area contributed by atoms with Gasteiger partial charge in [-0.2, -0.15) is 5.10 Å². The largest absolute Gasteiger partial charge is 0.238 e. The summed E-state index contributed by atoms with van der Waals surface area (Å²) in [6, 6.07) is 8.21. The molecule has 0 N–H and O–H groups in total. The fraction of sp³-hybridized carbons (Fsp3) is 0.308. The summed E-state index contributed by atoms with van der Waals surface area (Å²) in [5.41, 5.74) is 4.81. The molecule has 0 atom stereocenters. The summed E-state index contributed by atoms with van der Waals surface area (Å²) < 4.78 is 3.09. The third-order valence-corrected chi connectivity index (χ3v) is 3.34. The molecule has 0 saturated heterocycles. The second kappa shape index (κ2) is 4.42. The van der Waals surface area contributed by atoms with Gasteiger partial charge in [-0.1, -0.05) is 28.9 Å². The SMILES string of the molecule is CCc1c(C)nn(-c2cccc(Br)c2)c1C. The minimum Gasteiger partial charge on any atom is -0.238 e. The molecule has 3 heteroatoms. The summed E-state index contributed by atoms with van der Waals surface area (Å²) in [5.74, 6) is 0. The lowest BCUT2D eigenvalue weighted by atomic mass is 10.1. The van der Waals surface area contributed by atoms with Crippen LogP contribution >= 0.6 is 15.9 Å². The van der Waals surface area contributed by atoms with E-state index < -0.39 is 0 Å². The van der Waals surface area contributed by atoms with Crippen LogP contribution in [0, 0.1) is 13.8 Å². The molecule has 0 aliphatic rings. The molecule has 1 aromatic heterocycles. The predicted molar refractivity (Wildman–Crippen MR) is 70.1 cm³/mol. The van der Waals surface area contributed by atoms with Gasteiger partial charge in [-0.3, -0.25) is 0 Å². The summed E-state index contributed by atoms with van der Waals surface area (Å²) in [7, 11) is 0. The van der Waals surface area contributed by atoms with Crippen molar-refractivity contribution in [1.82, 2.24) is 9.78 Å². The van der Waals surface area contributed by atoms with E-state index in [0.717, 1.165) is 22.3 Å². The highest BCUT2D eigenvalue weighted by atomic mass is 79.9. The highest BCUT2D eigenvalue weighted by Crippen LogP contribution is 2.20. The predicted octanol–water partition coefficient (Wildman–Crippen LogP) is 3.81. The number of aromatic nitrogens is 2. The third-order valence-electron chi connectivity index (χ3n) is 2.85. The Bertz CT molecular complexity index is 515. The fourth-order valence-corrected chi connectivity index (χ4v) is 2.43. The number of hydrogen-bond donors (Lipinski definition) is 0. The van der Waals surface area contributed by atoms with E-state index in [9.17, 15) is 0 Å². The first-order chi connectivity index (χ1) is 7.63. The average Bonchev–Trinajstić information content (AvgIpc) is 2.54. The van der Waals surface area contributed by atoms with E-state index in [1.807, 2.05) is 16.8 Å². The number of hydrogen-bond acceptors (Lipinski definition) is 1. The molecule has 0 fully saturated rings. The van der Waals surface area contributed by atoms with Crippen molar-refractivity contribution >= 4 is 15.9 Å². The first kappa shape index (κ1) is 11.4. The number of benzene rings is 1. The maximum atomic E-state index is 4.59. The lowest BCUT2D eigenvalue weighted by Gasteiger charge is -2.05. The van der Waals surface area contributed by atoms with Crippen molar-refractivity contribution in [1.29, 1.82) is 0 Å². The van der Waals surface area contributed by atoms with Gasteiger partial charge < -0.3 is 0 Å². The molecule has 2 nitrogen and oxygen atoms in total. The Morgan fingerprint density at radius 1 is 1.31 bits per heavy atom. The van der Waals surface area contributed by atoms with Crippen molar-refractivity contribution in [3.63, 3.8) is 0 Å². The van der Waals surface area contributed by atoms with Gasteiger partial charge in [0.1, 0.15) is 0 Å². The zero-order valence-corrected chi connectivity index (χ0v) is 11.4.